The Morgan fingerprint density at radius 2 is 2.26 bits per heavy atom. The van der Waals surface area contributed by atoms with Gasteiger partial charge in [0, 0.05) is 24.0 Å². The van der Waals surface area contributed by atoms with E-state index >= 15 is 0 Å². The van der Waals surface area contributed by atoms with Crippen molar-refractivity contribution in [3.63, 3.8) is 0 Å². The molecule has 102 valence electrons. The van der Waals surface area contributed by atoms with E-state index in [-0.39, 0.29) is 11.9 Å². The topological polar surface area (TPSA) is 24.9 Å². The lowest BCUT2D eigenvalue weighted by atomic mass is 9.98. The minimum absolute atomic E-state index is 0.176. The maximum Gasteiger partial charge on any atom is 0.123 e. The Morgan fingerprint density at radius 3 is 2.89 bits per heavy atom. The largest absolute Gasteiger partial charge is 0.310 e. The number of aromatic nitrogens is 1. The molecule has 2 rings (SSSR count). The molecule has 0 aliphatic heterocycles. The summed E-state index contributed by atoms with van der Waals surface area (Å²) in [4.78, 5) is 4.34. The van der Waals surface area contributed by atoms with E-state index in [4.69, 9.17) is 0 Å². The lowest BCUT2D eigenvalue weighted by Gasteiger charge is -2.20. The first-order valence-corrected chi connectivity index (χ1v) is 7.46. The van der Waals surface area contributed by atoms with Crippen molar-refractivity contribution in [1.29, 1.82) is 0 Å². The van der Waals surface area contributed by atoms with E-state index < -0.39 is 0 Å². The number of benzene rings is 1. The van der Waals surface area contributed by atoms with Gasteiger partial charge in [-0.05, 0) is 43.1 Å². The summed E-state index contributed by atoms with van der Waals surface area (Å²) in [5.41, 5.74) is 2.15. The molecule has 1 unspecified atom stereocenters. The van der Waals surface area contributed by atoms with Gasteiger partial charge in [0.05, 0.1) is 5.01 Å². The van der Waals surface area contributed by atoms with Crippen molar-refractivity contribution in [2.75, 3.05) is 6.54 Å². The predicted molar refractivity (Wildman–Crippen MR) is 78.0 cm³/mol. The highest BCUT2D eigenvalue weighted by atomic mass is 32.1. The molecule has 1 atom stereocenters. The van der Waals surface area contributed by atoms with E-state index in [1.807, 2.05) is 24.6 Å². The number of hydrogen-bond donors (Lipinski definition) is 1. The number of thiazole rings is 1. The van der Waals surface area contributed by atoms with Crippen molar-refractivity contribution in [2.45, 2.75) is 32.7 Å². The Kier molecular flexibility index (Phi) is 5.05. The molecule has 0 spiro atoms. The fourth-order valence-corrected chi connectivity index (χ4v) is 2.83. The molecule has 0 aliphatic carbocycles. The third-order valence-electron chi connectivity index (χ3n) is 3.11. The van der Waals surface area contributed by atoms with Crippen molar-refractivity contribution < 1.29 is 4.39 Å². The first-order chi connectivity index (χ1) is 9.20. The third-order valence-corrected chi connectivity index (χ3v) is 3.91. The Balaban J connectivity index is 2.20. The SMILES string of the molecule is CCCNC(Cc1nccs1)c1ccc(F)cc1C. The molecule has 0 aliphatic rings. The second-order valence-corrected chi connectivity index (χ2v) is 5.62. The fourth-order valence-electron chi connectivity index (χ4n) is 2.17. The normalized spacial score (nSPS) is 12.6. The number of hydrogen-bond acceptors (Lipinski definition) is 3. The van der Waals surface area contributed by atoms with Crippen LogP contribution in [0.3, 0.4) is 0 Å². The van der Waals surface area contributed by atoms with E-state index in [2.05, 4.69) is 17.2 Å². The van der Waals surface area contributed by atoms with Crippen LogP contribution in [0.4, 0.5) is 4.39 Å². The van der Waals surface area contributed by atoms with E-state index in [0.717, 1.165) is 35.5 Å². The van der Waals surface area contributed by atoms with E-state index in [0.29, 0.717) is 0 Å². The first-order valence-electron chi connectivity index (χ1n) is 6.58. The summed E-state index contributed by atoms with van der Waals surface area (Å²) in [7, 11) is 0. The molecule has 0 saturated carbocycles. The van der Waals surface area contributed by atoms with Gasteiger partial charge in [0.1, 0.15) is 5.82 Å². The van der Waals surface area contributed by atoms with Crippen LogP contribution in [0, 0.1) is 12.7 Å². The molecule has 0 radical (unpaired) electrons. The van der Waals surface area contributed by atoms with Crippen LogP contribution in [0.25, 0.3) is 0 Å². The second-order valence-electron chi connectivity index (χ2n) is 4.64. The van der Waals surface area contributed by atoms with Crippen molar-refractivity contribution in [2.24, 2.45) is 0 Å². The molecule has 0 saturated heterocycles. The van der Waals surface area contributed by atoms with Gasteiger partial charge in [0.2, 0.25) is 0 Å². The van der Waals surface area contributed by atoms with Crippen molar-refractivity contribution in [1.82, 2.24) is 10.3 Å². The van der Waals surface area contributed by atoms with Gasteiger partial charge in [-0.1, -0.05) is 13.0 Å². The summed E-state index contributed by atoms with van der Waals surface area (Å²) in [5.74, 6) is -0.176. The van der Waals surface area contributed by atoms with Gasteiger partial charge in [-0.3, -0.25) is 0 Å². The van der Waals surface area contributed by atoms with Gasteiger partial charge >= 0.3 is 0 Å². The molecule has 4 heteroatoms. The molecular weight excluding hydrogens is 259 g/mol. The minimum atomic E-state index is -0.176. The highest BCUT2D eigenvalue weighted by Crippen LogP contribution is 2.23. The molecule has 1 heterocycles. The van der Waals surface area contributed by atoms with Gasteiger partial charge < -0.3 is 5.32 Å². The zero-order chi connectivity index (χ0) is 13.7. The average molecular weight is 278 g/mol. The maximum atomic E-state index is 13.2. The van der Waals surface area contributed by atoms with Crippen molar-refractivity contribution >= 4 is 11.3 Å². The quantitative estimate of drug-likeness (QED) is 0.867. The highest BCUT2D eigenvalue weighted by molar-refractivity contribution is 7.09. The van der Waals surface area contributed by atoms with Crippen LogP contribution in [0.1, 0.15) is 35.5 Å². The van der Waals surface area contributed by atoms with Gasteiger partial charge in [0.25, 0.3) is 0 Å². The summed E-state index contributed by atoms with van der Waals surface area (Å²) in [6, 6.07) is 5.21. The van der Waals surface area contributed by atoms with Crippen LogP contribution in [0.15, 0.2) is 29.8 Å². The zero-order valence-electron chi connectivity index (χ0n) is 11.3. The lowest BCUT2D eigenvalue weighted by Crippen LogP contribution is -2.24. The summed E-state index contributed by atoms with van der Waals surface area (Å²) in [5, 5.41) is 6.63. The molecule has 1 aromatic carbocycles. The molecule has 0 bridgehead atoms. The van der Waals surface area contributed by atoms with Crippen LogP contribution >= 0.6 is 11.3 Å². The number of nitrogens with one attached hydrogen (secondary N) is 1. The summed E-state index contributed by atoms with van der Waals surface area (Å²) < 4.78 is 13.2. The Bertz CT molecular complexity index is 511. The highest BCUT2D eigenvalue weighted by Gasteiger charge is 2.15. The van der Waals surface area contributed by atoms with E-state index in [9.17, 15) is 4.39 Å². The maximum absolute atomic E-state index is 13.2. The summed E-state index contributed by atoms with van der Waals surface area (Å²) in [6.07, 6.45) is 3.76. The van der Waals surface area contributed by atoms with Gasteiger partial charge in [0.15, 0.2) is 0 Å². The van der Waals surface area contributed by atoms with E-state index in [1.54, 1.807) is 17.4 Å². The molecule has 0 fully saturated rings. The Labute approximate surface area is 117 Å². The Morgan fingerprint density at radius 1 is 1.42 bits per heavy atom. The molecule has 2 nitrogen and oxygen atoms in total. The molecular formula is C15H19FN2S. The standard InChI is InChI=1S/C15H19FN2S/c1-3-6-17-14(10-15-18-7-8-19-15)13-5-4-12(16)9-11(13)2/h4-5,7-9,14,17H,3,6,10H2,1-2H3. The lowest BCUT2D eigenvalue weighted by molar-refractivity contribution is 0.524. The number of aryl methyl sites for hydroxylation is 1. The van der Waals surface area contributed by atoms with Gasteiger partial charge in [-0.25, -0.2) is 9.37 Å². The Hall–Kier alpha value is -1.26. The second kappa shape index (κ2) is 6.78. The minimum Gasteiger partial charge on any atom is -0.310 e. The molecule has 1 N–H and O–H groups in total. The van der Waals surface area contributed by atoms with Crippen LogP contribution in [-0.2, 0) is 6.42 Å². The average Bonchev–Trinajstić information content (AvgIpc) is 2.88. The van der Waals surface area contributed by atoms with E-state index in [1.165, 1.54) is 6.07 Å². The smallest absolute Gasteiger partial charge is 0.123 e. The van der Waals surface area contributed by atoms with Crippen LogP contribution in [0.5, 0.6) is 0 Å². The van der Waals surface area contributed by atoms with Crippen LogP contribution < -0.4 is 5.32 Å². The van der Waals surface area contributed by atoms with Crippen LogP contribution in [-0.4, -0.2) is 11.5 Å². The molecule has 19 heavy (non-hydrogen) atoms. The first kappa shape index (κ1) is 14.2. The third kappa shape index (κ3) is 3.85. The zero-order valence-corrected chi connectivity index (χ0v) is 12.1. The summed E-state index contributed by atoms with van der Waals surface area (Å²) >= 11 is 1.66. The predicted octanol–water partition coefficient (Wildman–Crippen LogP) is 3.87. The number of halogens is 1. The number of nitrogens with zero attached hydrogens (tertiary/aromatic N) is 1. The molecule has 1 aromatic heterocycles. The van der Waals surface area contributed by atoms with Gasteiger partial charge in [-0.2, -0.15) is 0 Å². The van der Waals surface area contributed by atoms with Crippen molar-refractivity contribution in [3.05, 3.63) is 51.7 Å². The monoisotopic (exact) mass is 278 g/mol. The van der Waals surface area contributed by atoms with Crippen LogP contribution in [0.2, 0.25) is 0 Å². The molecule has 0 amide bonds. The van der Waals surface area contributed by atoms with Crippen molar-refractivity contribution in [3.8, 4) is 0 Å². The fraction of sp³-hybridized carbons (Fsp3) is 0.400. The molecule has 2 aromatic rings. The summed E-state index contributed by atoms with van der Waals surface area (Å²) in [6.45, 7) is 5.05. The number of rotatable bonds is 6. The van der Waals surface area contributed by atoms with Gasteiger partial charge in [-0.15, -0.1) is 11.3 Å².